The van der Waals surface area contributed by atoms with Crippen molar-refractivity contribution in [3.05, 3.63) is 35.9 Å². The molecule has 0 spiro atoms. The first-order valence-corrected chi connectivity index (χ1v) is 5.59. The second-order valence-electron chi connectivity index (χ2n) is 4.14. The highest BCUT2D eigenvalue weighted by Gasteiger charge is 2.22. The lowest BCUT2D eigenvalue weighted by atomic mass is 10.0. The molecule has 1 aliphatic heterocycles. The zero-order valence-corrected chi connectivity index (χ0v) is 9.15. The molecule has 16 heavy (non-hydrogen) atoms. The Kier molecular flexibility index (Phi) is 3.54. The fourth-order valence-electron chi connectivity index (χ4n) is 1.98. The smallest absolute Gasteiger partial charge is 0.223 e. The number of hydrogen-bond donors (Lipinski definition) is 3. The molecule has 0 bridgehead atoms. The van der Waals surface area contributed by atoms with E-state index in [9.17, 15) is 4.79 Å². The van der Waals surface area contributed by atoms with Crippen molar-refractivity contribution in [1.82, 2.24) is 10.6 Å². The van der Waals surface area contributed by atoms with Crippen LogP contribution >= 0.6 is 0 Å². The largest absolute Gasteiger partial charge is 0.328 e. The van der Waals surface area contributed by atoms with Gasteiger partial charge in [0.2, 0.25) is 5.91 Å². The molecule has 1 amide bonds. The van der Waals surface area contributed by atoms with Crippen molar-refractivity contribution >= 4 is 5.91 Å². The topological polar surface area (TPSA) is 67.1 Å². The molecule has 0 aromatic heterocycles. The van der Waals surface area contributed by atoms with Gasteiger partial charge in [0.25, 0.3) is 0 Å². The molecule has 2 unspecified atom stereocenters. The van der Waals surface area contributed by atoms with E-state index in [0.717, 1.165) is 12.8 Å². The number of aryl methyl sites for hydroxylation is 1. The number of rotatable bonds is 3. The van der Waals surface area contributed by atoms with Crippen molar-refractivity contribution in [2.45, 2.75) is 31.6 Å². The molecule has 1 aliphatic rings. The highest BCUT2D eigenvalue weighted by atomic mass is 16.2. The maximum Gasteiger partial charge on any atom is 0.223 e. The molecule has 4 N–H and O–H groups in total. The summed E-state index contributed by atoms with van der Waals surface area (Å²) in [6.07, 6.45) is 2.02. The predicted octanol–water partition coefficient (Wildman–Crippen LogP) is 0.340. The Morgan fingerprint density at radius 2 is 2.06 bits per heavy atom. The Morgan fingerprint density at radius 3 is 2.75 bits per heavy atom. The Morgan fingerprint density at radius 1 is 1.31 bits per heavy atom. The van der Waals surface area contributed by atoms with Gasteiger partial charge < -0.3 is 5.32 Å². The molecule has 2 rings (SSSR count). The van der Waals surface area contributed by atoms with Gasteiger partial charge in [-0.1, -0.05) is 30.3 Å². The quantitative estimate of drug-likeness (QED) is 0.686. The van der Waals surface area contributed by atoms with Crippen molar-refractivity contribution in [2.75, 3.05) is 0 Å². The van der Waals surface area contributed by atoms with Crippen molar-refractivity contribution < 1.29 is 4.79 Å². The van der Waals surface area contributed by atoms with Crippen LogP contribution in [0.3, 0.4) is 0 Å². The number of benzene rings is 1. The van der Waals surface area contributed by atoms with Crippen LogP contribution in [0.4, 0.5) is 0 Å². The van der Waals surface area contributed by atoms with Crippen molar-refractivity contribution in [2.24, 2.45) is 5.73 Å². The molecular weight excluding hydrogens is 202 g/mol. The van der Waals surface area contributed by atoms with Crippen LogP contribution in [0.5, 0.6) is 0 Å². The number of carbonyl (C=O) groups is 1. The van der Waals surface area contributed by atoms with Crippen LogP contribution in [0.2, 0.25) is 0 Å². The van der Waals surface area contributed by atoms with E-state index in [1.165, 1.54) is 5.56 Å². The van der Waals surface area contributed by atoms with Crippen molar-refractivity contribution in [3.63, 3.8) is 0 Å². The van der Waals surface area contributed by atoms with Crippen LogP contribution in [0.15, 0.2) is 30.3 Å². The average Bonchev–Trinajstić information content (AvgIpc) is 2.27. The van der Waals surface area contributed by atoms with E-state index in [1.54, 1.807) is 0 Å². The lowest BCUT2D eigenvalue weighted by Gasteiger charge is -2.29. The number of nitrogens with one attached hydrogen (secondary N) is 2. The van der Waals surface area contributed by atoms with E-state index in [4.69, 9.17) is 5.73 Å². The van der Waals surface area contributed by atoms with Gasteiger partial charge in [-0.05, 0) is 18.4 Å². The molecule has 0 radical (unpaired) electrons. The van der Waals surface area contributed by atoms with Crippen LogP contribution in [-0.4, -0.2) is 18.2 Å². The molecule has 1 fully saturated rings. The van der Waals surface area contributed by atoms with E-state index >= 15 is 0 Å². The second kappa shape index (κ2) is 5.09. The third kappa shape index (κ3) is 3.05. The fraction of sp³-hybridized carbons (Fsp3) is 0.417. The summed E-state index contributed by atoms with van der Waals surface area (Å²) in [5.74, 6) is 0.0318. The molecular formula is C12H17N3O. The van der Waals surface area contributed by atoms with E-state index in [1.807, 2.05) is 18.2 Å². The summed E-state index contributed by atoms with van der Waals surface area (Å²) >= 11 is 0. The monoisotopic (exact) mass is 219 g/mol. The average molecular weight is 219 g/mol. The standard InChI is InChI=1S/C12H17N3O/c13-12-14-10(8-11(16)15-12)7-6-9-4-2-1-3-5-9/h1-5,10,12,14H,6-8,13H2,(H,15,16). The molecule has 1 aromatic rings. The van der Waals surface area contributed by atoms with Gasteiger partial charge in [-0.15, -0.1) is 0 Å². The SMILES string of the molecule is NC1NC(=O)CC(CCc2ccccc2)N1. The van der Waals surface area contributed by atoms with Crippen molar-refractivity contribution in [1.29, 1.82) is 0 Å². The summed E-state index contributed by atoms with van der Waals surface area (Å²) < 4.78 is 0. The summed E-state index contributed by atoms with van der Waals surface area (Å²) in [4.78, 5) is 11.3. The lowest BCUT2D eigenvalue weighted by molar-refractivity contribution is -0.124. The predicted molar refractivity (Wildman–Crippen MR) is 62.4 cm³/mol. The van der Waals surface area contributed by atoms with Crippen molar-refractivity contribution in [3.8, 4) is 0 Å². The molecule has 1 saturated heterocycles. The van der Waals surface area contributed by atoms with Gasteiger partial charge in [0.15, 0.2) is 0 Å². The zero-order valence-electron chi connectivity index (χ0n) is 9.15. The van der Waals surface area contributed by atoms with Gasteiger partial charge in [0.05, 0.1) is 0 Å². The van der Waals surface area contributed by atoms with Crippen LogP contribution < -0.4 is 16.4 Å². The van der Waals surface area contributed by atoms with Gasteiger partial charge in [-0.25, -0.2) is 0 Å². The number of carbonyl (C=O) groups excluding carboxylic acids is 1. The molecule has 1 aromatic carbocycles. The summed E-state index contributed by atoms with van der Waals surface area (Å²) in [6, 6.07) is 10.4. The van der Waals surface area contributed by atoms with Gasteiger partial charge in [0, 0.05) is 12.5 Å². The molecule has 0 saturated carbocycles. The van der Waals surface area contributed by atoms with Gasteiger partial charge in [-0.3, -0.25) is 15.8 Å². The molecule has 4 nitrogen and oxygen atoms in total. The summed E-state index contributed by atoms with van der Waals surface area (Å²) in [7, 11) is 0. The Hall–Kier alpha value is -1.39. The molecule has 0 aliphatic carbocycles. The van der Waals surface area contributed by atoms with Gasteiger partial charge in [0.1, 0.15) is 6.29 Å². The summed E-state index contributed by atoms with van der Waals surface area (Å²) in [5, 5.41) is 5.80. The van der Waals surface area contributed by atoms with Crippen LogP contribution in [0, 0.1) is 0 Å². The molecule has 4 heteroatoms. The van der Waals surface area contributed by atoms with Gasteiger partial charge in [-0.2, -0.15) is 0 Å². The number of amides is 1. The number of hydrogen-bond acceptors (Lipinski definition) is 3. The van der Waals surface area contributed by atoms with E-state index in [-0.39, 0.29) is 11.9 Å². The number of nitrogens with two attached hydrogens (primary N) is 1. The Bertz CT molecular complexity index is 353. The first-order valence-electron chi connectivity index (χ1n) is 5.59. The van der Waals surface area contributed by atoms with Gasteiger partial charge >= 0.3 is 0 Å². The molecule has 86 valence electrons. The lowest BCUT2D eigenvalue weighted by Crippen LogP contribution is -2.60. The maximum absolute atomic E-state index is 11.3. The first-order chi connectivity index (χ1) is 7.74. The third-order valence-electron chi connectivity index (χ3n) is 2.79. The highest BCUT2D eigenvalue weighted by molar-refractivity contribution is 5.77. The highest BCUT2D eigenvalue weighted by Crippen LogP contribution is 2.09. The Labute approximate surface area is 95.2 Å². The fourth-order valence-corrected chi connectivity index (χ4v) is 1.98. The second-order valence-corrected chi connectivity index (χ2v) is 4.14. The molecule has 1 heterocycles. The van der Waals surface area contributed by atoms with Crippen LogP contribution in [-0.2, 0) is 11.2 Å². The minimum atomic E-state index is -0.401. The maximum atomic E-state index is 11.3. The van der Waals surface area contributed by atoms with E-state index in [0.29, 0.717) is 6.42 Å². The molecule has 2 atom stereocenters. The Balaban J connectivity index is 1.84. The minimum Gasteiger partial charge on any atom is -0.328 e. The third-order valence-corrected chi connectivity index (χ3v) is 2.79. The van der Waals surface area contributed by atoms with Crippen LogP contribution in [0.25, 0.3) is 0 Å². The normalized spacial score (nSPS) is 25.2. The summed E-state index contributed by atoms with van der Waals surface area (Å²) in [6.45, 7) is 0. The zero-order chi connectivity index (χ0) is 11.4. The van der Waals surface area contributed by atoms with E-state index < -0.39 is 6.29 Å². The minimum absolute atomic E-state index is 0.0318. The summed E-state index contributed by atoms with van der Waals surface area (Å²) in [5.41, 5.74) is 6.94. The van der Waals surface area contributed by atoms with Crippen LogP contribution in [0.1, 0.15) is 18.4 Å². The van der Waals surface area contributed by atoms with E-state index in [2.05, 4.69) is 22.8 Å². The first kappa shape index (κ1) is 11.1.